The zero-order valence-electron chi connectivity index (χ0n) is 34.9. The van der Waals surface area contributed by atoms with E-state index in [-0.39, 0.29) is 54.6 Å². The normalized spacial score (nSPS) is 21.9. The molecule has 8 N–H and O–H groups in total. The maximum absolute atomic E-state index is 12.6. The van der Waals surface area contributed by atoms with Crippen LogP contribution in [0.25, 0.3) is 0 Å². The summed E-state index contributed by atoms with van der Waals surface area (Å²) in [5.41, 5.74) is 9.42. The summed E-state index contributed by atoms with van der Waals surface area (Å²) < 4.78 is 11.8. The molecule has 1 saturated heterocycles. The van der Waals surface area contributed by atoms with E-state index in [9.17, 15) is 19.2 Å². The van der Waals surface area contributed by atoms with Crippen molar-refractivity contribution in [1.29, 1.82) is 0 Å². The third-order valence-electron chi connectivity index (χ3n) is 10.2. The molecule has 13 nitrogen and oxygen atoms in total. The van der Waals surface area contributed by atoms with Gasteiger partial charge in [0, 0.05) is 61.6 Å². The zero-order valence-corrected chi connectivity index (χ0v) is 34.9. The van der Waals surface area contributed by atoms with Crippen LogP contribution < -0.4 is 37.9 Å². The van der Waals surface area contributed by atoms with Gasteiger partial charge in [-0.25, -0.2) is 10.6 Å². The Morgan fingerprint density at radius 3 is 2.53 bits per heavy atom. The Labute approximate surface area is 345 Å². The molecule has 2 heterocycles. The topological polar surface area (TPSA) is 190 Å². The van der Waals surface area contributed by atoms with Gasteiger partial charge < -0.3 is 36.5 Å². The second-order valence-corrected chi connectivity index (χ2v) is 15.2. The number of esters is 1. The van der Waals surface area contributed by atoms with Crippen molar-refractivity contribution >= 4 is 29.9 Å². The van der Waals surface area contributed by atoms with Crippen LogP contribution in [-0.4, -0.2) is 74.7 Å². The van der Waals surface area contributed by atoms with Crippen LogP contribution in [0.1, 0.15) is 95.8 Å². The lowest BCUT2D eigenvalue weighted by Gasteiger charge is -2.40. The molecule has 0 aromatic heterocycles. The summed E-state index contributed by atoms with van der Waals surface area (Å²) in [5, 5.41) is 13.1. The lowest BCUT2D eigenvalue weighted by atomic mass is 9.86. The third-order valence-corrected chi connectivity index (χ3v) is 10.2. The zero-order chi connectivity index (χ0) is 42.1. The average molecular weight is 802 g/mol. The number of hydrogen-bond donors (Lipinski definition) is 6. The van der Waals surface area contributed by atoms with Crippen molar-refractivity contribution in [2.75, 3.05) is 31.2 Å². The minimum absolute atomic E-state index is 0.00365. The van der Waals surface area contributed by atoms with E-state index in [1.54, 1.807) is 30.5 Å². The highest BCUT2D eigenvalue weighted by molar-refractivity contribution is 5.94. The average Bonchev–Trinajstić information content (AvgIpc) is 3.21. The molecule has 3 amide bonds. The van der Waals surface area contributed by atoms with E-state index in [4.69, 9.17) is 21.1 Å². The first-order valence-electron chi connectivity index (χ1n) is 20.7. The lowest BCUT2D eigenvalue weighted by molar-refractivity contribution is -0.141. The van der Waals surface area contributed by atoms with Gasteiger partial charge in [0.2, 0.25) is 12.3 Å². The predicted octanol–water partition coefficient (Wildman–Crippen LogP) is 5.38. The number of carbonyl (C=O) groups excluding carboxylic acids is 4. The molecule has 5 unspecified atom stereocenters. The van der Waals surface area contributed by atoms with Gasteiger partial charge in [-0.2, -0.15) is 0 Å². The molecule has 318 valence electrons. The number of carbonyl (C=O) groups is 4. The number of anilines is 1. The van der Waals surface area contributed by atoms with Crippen LogP contribution in [0, 0.1) is 11.8 Å². The van der Waals surface area contributed by atoms with Gasteiger partial charge in [0.25, 0.3) is 5.91 Å². The van der Waals surface area contributed by atoms with E-state index >= 15 is 0 Å². The number of cyclic esters (lactones) is 1. The Hall–Kier alpha value is -4.98. The molecule has 0 aliphatic carbocycles. The minimum Gasteiger partial charge on any atom is -0.455 e. The molecule has 6 atom stereocenters. The van der Waals surface area contributed by atoms with Crippen LogP contribution in [-0.2, 0) is 23.9 Å². The van der Waals surface area contributed by atoms with E-state index in [0.717, 1.165) is 57.8 Å². The number of benzene rings is 1. The lowest BCUT2D eigenvalue weighted by Crippen LogP contribution is -2.49. The molecule has 58 heavy (non-hydrogen) atoms. The van der Waals surface area contributed by atoms with E-state index in [1.165, 1.54) is 16.7 Å². The van der Waals surface area contributed by atoms with E-state index in [2.05, 4.69) is 66.3 Å². The highest BCUT2D eigenvalue weighted by Crippen LogP contribution is 2.28. The number of nitrogens with one attached hydrogen (secondary N) is 4. The van der Waals surface area contributed by atoms with Crippen molar-refractivity contribution < 1.29 is 28.7 Å². The van der Waals surface area contributed by atoms with Crippen LogP contribution in [0.4, 0.5) is 5.69 Å². The van der Waals surface area contributed by atoms with Crippen molar-refractivity contribution in [3.8, 4) is 0 Å². The monoisotopic (exact) mass is 802 g/mol. The van der Waals surface area contributed by atoms with Crippen molar-refractivity contribution in [3.63, 3.8) is 0 Å². The number of unbranched alkanes of at least 4 members (excludes halogenated alkanes) is 2. The highest BCUT2D eigenvalue weighted by atomic mass is 16.5. The number of hydrazine groups is 1. The summed E-state index contributed by atoms with van der Waals surface area (Å²) in [7, 11) is 0. The SMILES string of the molecule is C/C=C/C1OC(C/C=C/CC(C)CC/C=C(C)\C=C\C2CC=CC(=O)O2)CC(NC/C(N)=C/N(N)c2ccc(C(=O)NCCCCCNC(=O)CNC=O)cc2)[C@@H]1C. The van der Waals surface area contributed by atoms with Gasteiger partial charge >= 0.3 is 5.97 Å². The number of ether oxygens (including phenoxy) is 2. The van der Waals surface area contributed by atoms with Gasteiger partial charge in [0.05, 0.1) is 24.4 Å². The largest absolute Gasteiger partial charge is 0.455 e. The van der Waals surface area contributed by atoms with Gasteiger partial charge in [0.15, 0.2) is 0 Å². The fraction of sp³-hybridized carbons (Fsp3) is 0.511. The Bertz CT molecular complexity index is 1620. The number of allylic oxidation sites excluding steroid dienone is 5. The van der Waals surface area contributed by atoms with Crippen LogP contribution in [0.5, 0.6) is 0 Å². The predicted molar refractivity (Wildman–Crippen MR) is 231 cm³/mol. The third kappa shape index (κ3) is 18.5. The molecule has 0 bridgehead atoms. The molecule has 2 aliphatic heterocycles. The molecule has 0 spiro atoms. The summed E-state index contributed by atoms with van der Waals surface area (Å²) in [4.78, 5) is 45.8. The number of nitrogens with zero attached hydrogens (tertiary/aromatic N) is 1. The van der Waals surface area contributed by atoms with Gasteiger partial charge in [0.1, 0.15) is 6.10 Å². The number of amides is 3. The molecular weight excluding hydrogens is 735 g/mol. The summed E-state index contributed by atoms with van der Waals surface area (Å²) in [6.07, 6.45) is 28.3. The van der Waals surface area contributed by atoms with Crippen molar-refractivity contribution in [3.05, 3.63) is 102 Å². The molecule has 0 saturated carbocycles. The van der Waals surface area contributed by atoms with Gasteiger partial charge in [-0.1, -0.05) is 62.0 Å². The van der Waals surface area contributed by atoms with E-state index in [1.807, 2.05) is 31.2 Å². The Balaban J connectivity index is 1.39. The Kier molecular flexibility index (Phi) is 21.9. The smallest absolute Gasteiger partial charge is 0.331 e. The maximum Gasteiger partial charge on any atom is 0.331 e. The fourth-order valence-electron chi connectivity index (χ4n) is 6.72. The molecule has 0 radical (unpaired) electrons. The summed E-state index contributed by atoms with van der Waals surface area (Å²) in [6.45, 7) is 10.1. The summed E-state index contributed by atoms with van der Waals surface area (Å²) in [5.74, 6) is 6.47. The van der Waals surface area contributed by atoms with Gasteiger partial charge in [-0.05, 0) is 101 Å². The van der Waals surface area contributed by atoms with Gasteiger partial charge in [-0.15, -0.1) is 0 Å². The van der Waals surface area contributed by atoms with Crippen molar-refractivity contribution in [1.82, 2.24) is 21.3 Å². The maximum atomic E-state index is 12.6. The first kappa shape index (κ1) is 47.4. The van der Waals surface area contributed by atoms with Crippen LogP contribution in [0.15, 0.2) is 96.4 Å². The quantitative estimate of drug-likeness (QED) is 0.0142. The first-order chi connectivity index (χ1) is 28.0. The number of nitrogens with two attached hydrogens (primary N) is 2. The van der Waals surface area contributed by atoms with Crippen LogP contribution in [0.3, 0.4) is 0 Å². The second-order valence-electron chi connectivity index (χ2n) is 15.2. The molecule has 3 rings (SSSR count). The standard InChI is InChI=1S/C45H67N7O6/c1-5-13-42-35(4)41(28-40(57-42)17-8-7-14-33(2)15-11-16-34(3)20-25-39-18-12-19-44(55)58-39)51-29-37(46)31-52(47)38-23-21-36(22-24-38)45(56)50-27-10-6-9-26-49-43(54)30-48-32-53/h5,7-8,12-13,16,19-25,31-33,35,39-42,51H,6,9-11,14-15,17-18,26-30,46-47H2,1-4H3,(H,48,53)(H,49,54)(H,50,56)/b8-7+,13-5+,25-20+,34-16-,37-31-/t33?,35-,39?,40?,41?,42?/m0/s1. The first-order valence-corrected chi connectivity index (χ1v) is 20.7. The summed E-state index contributed by atoms with van der Waals surface area (Å²) >= 11 is 0. The Morgan fingerprint density at radius 1 is 1.05 bits per heavy atom. The van der Waals surface area contributed by atoms with Gasteiger partial charge in [-0.3, -0.25) is 19.4 Å². The van der Waals surface area contributed by atoms with Crippen molar-refractivity contribution in [2.24, 2.45) is 23.4 Å². The van der Waals surface area contributed by atoms with Crippen molar-refractivity contribution in [2.45, 2.75) is 110 Å². The highest BCUT2D eigenvalue weighted by Gasteiger charge is 2.34. The number of hydrogen-bond acceptors (Lipinski definition) is 10. The second kappa shape index (κ2) is 26.8. The molecule has 1 fully saturated rings. The Morgan fingerprint density at radius 2 is 1.81 bits per heavy atom. The van der Waals surface area contributed by atoms with Crippen LogP contribution >= 0.6 is 0 Å². The van der Waals surface area contributed by atoms with E-state index < -0.39 is 0 Å². The molecule has 1 aromatic carbocycles. The molecule has 2 aliphatic rings. The number of rotatable bonds is 25. The fourth-order valence-corrected chi connectivity index (χ4v) is 6.72. The molecule has 1 aromatic rings. The molecule has 13 heteroatoms. The van der Waals surface area contributed by atoms with Crippen LogP contribution in [0.2, 0.25) is 0 Å². The van der Waals surface area contributed by atoms with E-state index in [0.29, 0.717) is 48.9 Å². The summed E-state index contributed by atoms with van der Waals surface area (Å²) in [6, 6.07) is 7.22. The molecular formula is C45H67N7O6. The minimum atomic E-state index is -0.279.